The molecule has 1 aromatic rings. The van der Waals surface area contributed by atoms with Gasteiger partial charge in [-0.05, 0) is 19.3 Å². The molecule has 2 N–H and O–H groups in total. The van der Waals surface area contributed by atoms with Crippen LogP contribution in [0.2, 0.25) is 5.02 Å². The predicted molar refractivity (Wildman–Crippen MR) is 68.0 cm³/mol. The molecule has 0 saturated carbocycles. The summed E-state index contributed by atoms with van der Waals surface area (Å²) in [5.41, 5.74) is 7.28. The van der Waals surface area contributed by atoms with E-state index in [1.54, 1.807) is 6.20 Å². The molecule has 4 nitrogen and oxygen atoms in total. The molecule has 96 valence electrons. The van der Waals surface area contributed by atoms with E-state index in [9.17, 15) is 0 Å². The van der Waals surface area contributed by atoms with Crippen LogP contribution < -0.4 is 5.73 Å². The second kappa shape index (κ2) is 5.85. The van der Waals surface area contributed by atoms with Crippen molar-refractivity contribution in [2.45, 2.75) is 38.8 Å². The Labute approximate surface area is 107 Å². The van der Waals surface area contributed by atoms with Gasteiger partial charge in [0.25, 0.3) is 0 Å². The Morgan fingerprint density at radius 2 is 2.53 bits per heavy atom. The van der Waals surface area contributed by atoms with Gasteiger partial charge in [-0.15, -0.1) is 0 Å². The van der Waals surface area contributed by atoms with Crippen LogP contribution in [0, 0.1) is 5.92 Å². The van der Waals surface area contributed by atoms with Crippen molar-refractivity contribution in [1.29, 1.82) is 0 Å². The van der Waals surface area contributed by atoms with Crippen LogP contribution in [0.15, 0.2) is 6.20 Å². The Balaban J connectivity index is 2.16. The van der Waals surface area contributed by atoms with E-state index in [4.69, 9.17) is 22.1 Å². The summed E-state index contributed by atoms with van der Waals surface area (Å²) in [6.45, 7) is 4.57. The van der Waals surface area contributed by atoms with Gasteiger partial charge < -0.3 is 10.5 Å². The number of halogens is 1. The largest absolute Gasteiger partial charge is 0.381 e. The summed E-state index contributed by atoms with van der Waals surface area (Å²) in [4.78, 5) is 0. The molecule has 2 rings (SSSR count). The van der Waals surface area contributed by atoms with Crippen molar-refractivity contribution < 1.29 is 4.74 Å². The minimum Gasteiger partial charge on any atom is -0.381 e. The standard InChI is InChI=1S/C12H20ClN3O/c1-2-5-16-12(10(13)7-15-16)11(14)9-4-3-6-17-8-9/h7,9,11H,2-6,8,14H2,1H3. The lowest BCUT2D eigenvalue weighted by molar-refractivity contribution is 0.0436. The first-order valence-electron chi connectivity index (χ1n) is 6.28. The van der Waals surface area contributed by atoms with Crippen LogP contribution in [0.4, 0.5) is 0 Å². The van der Waals surface area contributed by atoms with Crippen molar-refractivity contribution in [3.8, 4) is 0 Å². The highest BCUT2D eigenvalue weighted by Gasteiger charge is 2.27. The monoisotopic (exact) mass is 257 g/mol. The smallest absolute Gasteiger partial charge is 0.0834 e. The second-order valence-electron chi connectivity index (χ2n) is 4.60. The van der Waals surface area contributed by atoms with E-state index in [1.165, 1.54) is 0 Å². The van der Waals surface area contributed by atoms with E-state index in [0.717, 1.165) is 44.7 Å². The molecular formula is C12H20ClN3O. The molecule has 2 unspecified atom stereocenters. The fourth-order valence-electron chi connectivity index (χ4n) is 2.37. The molecule has 0 amide bonds. The second-order valence-corrected chi connectivity index (χ2v) is 5.01. The molecule has 1 aliphatic heterocycles. The third-order valence-corrected chi connectivity index (χ3v) is 3.58. The third-order valence-electron chi connectivity index (χ3n) is 3.29. The highest BCUT2D eigenvalue weighted by molar-refractivity contribution is 6.31. The summed E-state index contributed by atoms with van der Waals surface area (Å²) in [6, 6.07) is -0.0724. The van der Waals surface area contributed by atoms with Crippen LogP contribution in [-0.2, 0) is 11.3 Å². The van der Waals surface area contributed by atoms with Crippen molar-refractivity contribution in [3.63, 3.8) is 0 Å². The summed E-state index contributed by atoms with van der Waals surface area (Å²) in [6.07, 6.45) is 4.90. The molecule has 17 heavy (non-hydrogen) atoms. The van der Waals surface area contributed by atoms with E-state index < -0.39 is 0 Å². The third kappa shape index (κ3) is 2.81. The first-order valence-corrected chi connectivity index (χ1v) is 6.66. The fraction of sp³-hybridized carbons (Fsp3) is 0.750. The number of aryl methyl sites for hydroxylation is 1. The van der Waals surface area contributed by atoms with Gasteiger partial charge in [0.05, 0.1) is 29.6 Å². The van der Waals surface area contributed by atoms with Crippen LogP contribution >= 0.6 is 11.6 Å². The van der Waals surface area contributed by atoms with Crippen molar-refractivity contribution in [2.24, 2.45) is 11.7 Å². The predicted octanol–water partition coefficient (Wildman–Crippen LogP) is 2.37. The quantitative estimate of drug-likeness (QED) is 0.901. The lowest BCUT2D eigenvalue weighted by Crippen LogP contribution is -2.31. The van der Waals surface area contributed by atoms with Crippen molar-refractivity contribution in [2.75, 3.05) is 13.2 Å². The van der Waals surface area contributed by atoms with Gasteiger partial charge >= 0.3 is 0 Å². The Kier molecular flexibility index (Phi) is 4.42. The van der Waals surface area contributed by atoms with E-state index in [0.29, 0.717) is 10.9 Å². The molecule has 1 aliphatic rings. The van der Waals surface area contributed by atoms with Gasteiger partial charge in [-0.1, -0.05) is 18.5 Å². The molecule has 0 radical (unpaired) electrons. The summed E-state index contributed by atoms with van der Waals surface area (Å²) in [7, 11) is 0. The van der Waals surface area contributed by atoms with Crippen LogP contribution in [-0.4, -0.2) is 23.0 Å². The number of hydrogen-bond donors (Lipinski definition) is 1. The maximum Gasteiger partial charge on any atom is 0.0834 e. The SMILES string of the molecule is CCCn1ncc(Cl)c1C(N)C1CCCOC1. The number of hydrogen-bond acceptors (Lipinski definition) is 3. The molecule has 1 saturated heterocycles. The van der Waals surface area contributed by atoms with E-state index in [2.05, 4.69) is 12.0 Å². The maximum absolute atomic E-state index is 6.32. The average molecular weight is 258 g/mol. The van der Waals surface area contributed by atoms with Gasteiger partial charge in [0, 0.05) is 19.1 Å². The van der Waals surface area contributed by atoms with Crippen LogP contribution in [0.5, 0.6) is 0 Å². The molecule has 0 spiro atoms. The Morgan fingerprint density at radius 1 is 1.71 bits per heavy atom. The number of nitrogens with zero attached hydrogens (tertiary/aromatic N) is 2. The lowest BCUT2D eigenvalue weighted by Gasteiger charge is -2.28. The zero-order chi connectivity index (χ0) is 12.3. The highest BCUT2D eigenvalue weighted by atomic mass is 35.5. The van der Waals surface area contributed by atoms with E-state index in [1.807, 2.05) is 4.68 Å². The molecule has 2 atom stereocenters. The van der Waals surface area contributed by atoms with Crippen molar-refractivity contribution in [3.05, 3.63) is 16.9 Å². The van der Waals surface area contributed by atoms with Crippen molar-refractivity contribution >= 4 is 11.6 Å². The van der Waals surface area contributed by atoms with Crippen LogP contribution in [0.1, 0.15) is 37.9 Å². The van der Waals surface area contributed by atoms with E-state index >= 15 is 0 Å². The van der Waals surface area contributed by atoms with Gasteiger partial charge in [0.15, 0.2) is 0 Å². The van der Waals surface area contributed by atoms with Crippen LogP contribution in [0.25, 0.3) is 0 Å². The average Bonchev–Trinajstić information content (AvgIpc) is 2.71. The summed E-state index contributed by atoms with van der Waals surface area (Å²) < 4.78 is 7.42. The van der Waals surface area contributed by atoms with Gasteiger partial charge in [0.1, 0.15) is 0 Å². The van der Waals surface area contributed by atoms with Crippen molar-refractivity contribution in [1.82, 2.24) is 9.78 Å². The minimum absolute atomic E-state index is 0.0724. The maximum atomic E-state index is 6.32. The lowest BCUT2D eigenvalue weighted by atomic mass is 9.92. The molecular weight excluding hydrogens is 238 g/mol. The zero-order valence-corrected chi connectivity index (χ0v) is 11.0. The first kappa shape index (κ1) is 12.9. The topological polar surface area (TPSA) is 53.1 Å². The number of nitrogens with two attached hydrogens (primary N) is 1. The Hall–Kier alpha value is -0.580. The number of rotatable bonds is 4. The molecule has 5 heteroatoms. The van der Waals surface area contributed by atoms with Gasteiger partial charge in [0.2, 0.25) is 0 Å². The Morgan fingerprint density at radius 3 is 3.18 bits per heavy atom. The van der Waals surface area contributed by atoms with Crippen LogP contribution in [0.3, 0.4) is 0 Å². The Bertz CT molecular complexity index is 361. The van der Waals surface area contributed by atoms with Gasteiger partial charge in [-0.25, -0.2) is 0 Å². The molecule has 2 heterocycles. The summed E-state index contributed by atoms with van der Waals surface area (Å²) in [5, 5.41) is 4.96. The molecule has 1 aromatic heterocycles. The van der Waals surface area contributed by atoms with Gasteiger partial charge in [-0.2, -0.15) is 5.10 Å². The van der Waals surface area contributed by atoms with E-state index in [-0.39, 0.29) is 6.04 Å². The molecule has 0 bridgehead atoms. The normalized spacial score (nSPS) is 22.6. The molecule has 0 aromatic carbocycles. The highest BCUT2D eigenvalue weighted by Crippen LogP contribution is 2.31. The number of ether oxygens (including phenoxy) is 1. The number of aromatic nitrogens is 2. The fourth-order valence-corrected chi connectivity index (χ4v) is 2.63. The summed E-state index contributed by atoms with van der Waals surface area (Å²) >= 11 is 6.19. The summed E-state index contributed by atoms with van der Waals surface area (Å²) in [5.74, 6) is 0.355. The first-order chi connectivity index (χ1) is 8.24. The molecule has 1 fully saturated rings. The minimum atomic E-state index is -0.0724. The molecule has 0 aliphatic carbocycles. The zero-order valence-electron chi connectivity index (χ0n) is 10.2. The van der Waals surface area contributed by atoms with Gasteiger partial charge in [-0.3, -0.25) is 4.68 Å².